The van der Waals surface area contributed by atoms with Crippen LogP contribution >= 0.6 is 0 Å². The second-order valence-corrected chi connectivity index (χ2v) is 5.28. The van der Waals surface area contributed by atoms with Crippen LogP contribution in [0.25, 0.3) is 0 Å². The highest BCUT2D eigenvalue weighted by atomic mass is 19.4. The lowest BCUT2D eigenvalue weighted by Gasteiger charge is -2.12. The number of alkyl halides is 3. The van der Waals surface area contributed by atoms with Crippen molar-refractivity contribution >= 4 is 5.95 Å². The summed E-state index contributed by atoms with van der Waals surface area (Å²) in [6, 6.07) is 5.50. The first-order valence-corrected chi connectivity index (χ1v) is 6.82. The van der Waals surface area contributed by atoms with E-state index in [1.165, 1.54) is 6.07 Å². The van der Waals surface area contributed by atoms with E-state index in [1.54, 1.807) is 12.1 Å². The molecule has 8 heteroatoms. The number of nitrogens with zero attached hydrogens (tertiary/aromatic N) is 3. The van der Waals surface area contributed by atoms with E-state index < -0.39 is 11.9 Å². The van der Waals surface area contributed by atoms with Gasteiger partial charge in [-0.2, -0.15) is 13.2 Å². The molecule has 1 aromatic carbocycles. The fourth-order valence-electron chi connectivity index (χ4n) is 1.95. The van der Waals surface area contributed by atoms with Crippen molar-refractivity contribution in [2.75, 3.05) is 19.4 Å². The number of rotatable bonds is 5. The summed E-state index contributed by atoms with van der Waals surface area (Å²) in [7, 11) is 3.67. The molecule has 0 fully saturated rings. The minimum absolute atomic E-state index is 0.125. The van der Waals surface area contributed by atoms with Gasteiger partial charge < -0.3 is 10.2 Å². The number of halogens is 4. The minimum atomic E-state index is -4.53. The molecule has 0 saturated carbocycles. The summed E-state index contributed by atoms with van der Waals surface area (Å²) < 4.78 is 51.6. The van der Waals surface area contributed by atoms with Crippen molar-refractivity contribution in [2.45, 2.75) is 19.3 Å². The summed E-state index contributed by atoms with van der Waals surface area (Å²) in [5.41, 5.74) is 0.114. The Morgan fingerprint density at radius 2 is 1.91 bits per heavy atom. The SMILES string of the molecule is CN(C)Cc1ccc(CNc2nccc(C(F)(F)F)n2)cc1F. The maximum absolute atomic E-state index is 13.9. The third-order valence-corrected chi connectivity index (χ3v) is 3.00. The standard InChI is InChI=1S/C15H16F4N4/c1-23(2)9-11-4-3-10(7-12(11)16)8-21-14-20-6-5-13(22-14)15(17,18)19/h3-7H,8-9H2,1-2H3,(H,20,21,22). The normalized spacial score (nSPS) is 11.8. The summed E-state index contributed by atoms with van der Waals surface area (Å²) in [4.78, 5) is 8.96. The second-order valence-electron chi connectivity index (χ2n) is 5.28. The van der Waals surface area contributed by atoms with Crippen molar-refractivity contribution in [3.05, 3.63) is 53.1 Å². The van der Waals surface area contributed by atoms with Gasteiger partial charge in [-0.15, -0.1) is 0 Å². The highest BCUT2D eigenvalue weighted by Crippen LogP contribution is 2.27. The van der Waals surface area contributed by atoms with Crippen LogP contribution in [0.15, 0.2) is 30.5 Å². The van der Waals surface area contributed by atoms with Crippen molar-refractivity contribution in [3.63, 3.8) is 0 Å². The first kappa shape index (κ1) is 17.1. The van der Waals surface area contributed by atoms with Crippen molar-refractivity contribution in [1.29, 1.82) is 0 Å². The van der Waals surface area contributed by atoms with Crippen LogP contribution in [0.3, 0.4) is 0 Å². The molecule has 2 aromatic rings. The zero-order valence-electron chi connectivity index (χ0n) is 12.7. The van der Waals surface area contributed by atoms with Gasteiger partial charge in [-0.25, -0.2) is 14.4 Å². The van der Waals surface area contributed by atoms with E-state index in [-0.39, 0.29) is 18.3 Å². The third-order valence-electron chi connectivity index (χ3n) is 3.00. The minimum Gasteiger partial charge on any atom is -0.350 e. The molecule has 0 aliphatic rings. The van der Waals surface area contributed by atoms with Crippen molar-refractivity contribution in [1.82, 2.24) is 14.9 Å². The van der Waals surface area contributed by atoms with Crippen molar-refractivity contribution < 1.29 is 17.6 Å². The molecule has 0 radical (unpaired) electrons. The summed E-state index contributed by atoms with van der Waals surface area (Å²) >= 11 is 0. The van der Waals surface area contributed by atoms with Gasteiger partial charge in [-0.05, 0) is 31.8 Å². The second kappa shape index (κ2) is 6.91. The fourth-order valence-corrected chi connectivity index (χ4v) is 1.95. The topological polar surface area (TPSA) is 41.0 Å². The first-order valence-electron chi connectivity index (χ1n) is 6.82. The Hall–Kier alpha value is -2.22. The molecule has 0 bridgehead atoms. The molecule has 1 heterocycles. The number of benzene rings is 1. The van der Waals surface area contributed by atoms with Crippen molar-refractivity contribution in [3.8, 4) is 0 Å². The molecule has 23 heavy (non-hydrogen) atoms. The van der Waals surface area contributed by atoms with Crippen molar-refractivity contribution in [2.24, 2.45) is 0 Å². The van der Waals surface area contributed by atoms with E-state index in [4.69, 9.17) is 0 Å². The Labute approximate surface area is 131 Å². The molecule has 0 aliphatic heterocycles. The van der Waals surface area contributed by atoms with Crippen LogP contribution in [0.5, 0.6) is 0 Å². The Morgan fingerprint density at radius 3 is 2.52 bits per heavy atom. The summed E-state index contributed by atoms with van der Waals surface area (Å²) in [5, 5.41) is 2.66. The van der Waals surface area contributed by atoms with Gasteiger partial charge >= 0.3 is 6.18 Å². The molecule has 124 valence electrons. The average molecular weight is 328 g/mol. The largest absolute Gasteiger partial charge is 0.433 e. The predicted molar refractivity (Wildman–Crippen MR) is 78.2 cm³/mol. The molecule has 0 saturated heterocycles. The molecule has 0 amide bonds. The number of aromatic nitrogens is 2. The lowest BCUT2D eigenvalue weighted by Crippen LogP contribution is -2.13. The Morgan fingerprint density at radius 1 is 1.17 bits per heavy atom. The quantitative estimate of drug-likeness (QED) is 0.855. The fraction of sp³-hybridized carbons (Fsp3) is 0.333. The molecule has 0 aliphatic carbocycles. The van der Waals surface area contributed by atoms with Crippen LogP contribution in [0, 0.1) is 5.82 Å². The maximum atomic E-state index is 13.9. The number of hydrogen-bond donors (Lipinski definition) is 1. The van der Waals surface area contributed by atoms with Crippen LogP contribution in [-0.4, -0.2) is 29.0 Å². The molecule has 4 nitrogen and oxygen atoms in total. The van der Waals surface area contributed by atoms with Crippen LogP contribution < -0.4 is 5.32 Å². The van der Waals surface area contributed by atoms with Gasteiger partial charge in [0.05, 0.1) is 0 Å². The first-order chi connectivity index (χ1) is 10.8. The van der Waals surface area contributed by atoms with Crippen LogP contribution in [0.1, 0.15) is 16.8 Å². The summed E-state index contributed by atoms with van der Waals surface area (Å²) in [6.07, 6.45) is -3.50. The smallest absolute Gasteiger partial charge is 0.350 e. The Balaban J connectivity index is 2.05. The molecule has 2 rings (SSSR count). The predicted octanol–water partition coefficient (Wildman–Crippen LogP) is 3.31. The third kappa shape index (κ3) is 4.88. The molecule has 0 spiro atoms. The van der Waals surface area contributed by atoms with Gasteiger partial charge in [0.25, 0.3) is 0 Å². The summed E-state index contributed by atoms with van der Waals surface area (Å²) in [6.45, 7) is 0.594. The van der Waals surface area contributed by atoms with Gasteiger partial charge in [0.2, 0.25) is 5.95 Å². The lowest BCUT2D eigenvalue weighted by atomic mass is 10.1. The molecule has 0 atom stereocenters. The van der Waals surface area contributed by atoms with Gasteiger partial charge in [0, 0.05) is 24.8 Å². The van der Waals surface area contributed by atoms with Crippen LogP contribution in [0.2, 0.25) is 0 Å². The maximum Gasteiger partial charge on any atom is 0.433 e. The van der Waals surface area contributed by atoms with E-state index in [0.29, 0.717) is 17.7 Å². The van der Waals surface area contributed by atoms with Gasteiger partial charge in [0.1, 0.15) is 11.5 Å². The average Bonchev–Trinajstić information content (AvgIpc) is 2.47. The zero-order valence-corrected chi connectivity index (χ0v) is 12.7. The van der Waals surface area contributed by atoms with Gasteiger partial charge in [-0.3, -0.25) is 0 Å². The molecule has 1 N–H and O–H groups in total. The monoisotopic (exact) mass is 328 g/mol. The molecular formula is C15H16F4N4. The van der Waals surface area contributed by atoms with E-state index in [2.05, 4.69) is 15.3 Å². The number of hydrogen-bond acceptors (Lipinski definition) is 4. The molecule has 0 unspecified atom stereocenters. The van der Waals surface area contributed by atoms with Crippen LogP contribution in [-0.2, 0) is 19.3 Å². The zero-order chi connectivity index (χ0) is 17.0. The van der Waals surface area contributed by atoms with Crippen LogP contribution in [0.4, 0.5) is 23.5 Å². The highest BCUT2D eigenvalue weighted by Gasteiger charge is 2.32. The van der Waals surface area contributed by atoms with E-state index in [0.717, 1.165) is 12.3 Å². The van der Waals surface area contributed by atoms with Gasteiger partial charge in [0.15, 0.2) is 0 Å². The van der Waals surface area contributed by atoms with E-state index in [9.17, 15) is 17.6 Å². The Kier molecular flexibility index (Phi) is 5.15. The molecular weight excluding hydrogens is 312 g/mol. The van der Waals surface area contributed by atoms with E-state index >= 15 is 0 Å². The van der Waals surface area contributed by atoms with E-state index in [1.807, 2.05) is 19.0 Å². The summed E-state index contributed by atoms with van der Waals surface area (Å²) in [5.74, 6) is -0.513. The number of nitrogens with one attached hydrogen (secondary N) is 1. The molecule has 1 aromatic heterocycles. The highest BCUT2D eigenvalue weighted by molar-refractivity contribution is 5.31. The van der Waals surface area contributed by atoms with Gasteiger partial charge in [-0.1, -0.05) is 12.1 Å². The number of anilines is 1. The lowest BCUT2D eigenvalue weighted by molar-refractivity contribution is -0.141. The Bertz CT molecular complexity index is 671.